The molecular formula is C17H19N3O2S. The molecule has 5 nitrogen and oxygen atoms in total. The molecule has 0 spiro atoms. The zero-order chi connectivity index (χ0) is 16.2. The van der Waals surface area contributed by atoms with E-state index in [1.54, 1.807) is 28.6 Å². The predicted molar refractivity (Wildman–Crippen MR) is 88.7 cm³/mol. The Balaban J connectivity index is 1.67. The van der Waals surface area contributed by atoms with Crippen LogP contribution in [0.1, 0.15) is 36.2 Å². The van der Waals surface area contributed by atoms with Gasteiger partial charge in [-0.15, -0.1) is 11.3 Å². The van der Waals surface area contributed by atoms with E-state index in [-0.39, 0.29) is 23.9 Å². The lowest BCUT2D eigenvalue weighted by Crippen LogP contribution is -2.44. The molecule has 2 aromatic heterocycles. The minimum atomic E-state index is -0.381. The van der Waals surface area contributed by atoms with Gasteiger partial charge in [0.05, 0.1) is 12.6 Å². The van der Waals surface area contributed by atoms with Crippen molar-refractivity contribution in [2.45, 2.75) is 38.4 Å². The lowest BCUT2D eigenvalue weighted by Gasteiger charge is -2.25. The first-order valence-electron chi connectivity index (χ1n) is 7.67. The van der Waals surface area contributed by atoms with Crippen molar-refractivity contribution in [3.8, 4) is 0 Å². The Morgan fingerprint density at radius 2 is 2.22 bits per heavy atom. The van der Waals surface area contributed by atoms with Crippen LogP contribution in [-0.2, 0) is 16.1 Å². The normalized spacial score (nSPS) is 18.9. The monoisotopic (exact) mass is 329 g/mol. The van der Waals surface area contributed by atoms with E-state index in [1.165, 1.54) is 0 Å². The Hall–Kier alpha value is -2.21. The lowest BCUT2D eigenvalue weighted by atomic mass is 10.1. The van der Waals surface area contributed by atoms with Gasteiger partial charge >= 0.3 is 0 Å². The van der Waals surface area contributed by atoms with Gasteiger partial charge in [-0.2, -0.15) is 0 Å². The van der Waals surface area contributed by atoms with E-state index in [1.807, 2.05) is 36.6 Å². The number of likely N-dealkylation sites (tertiary alicyclic amines) is 1. The van der Waals surface area contributed by atoms with Crippen LogP contribution in [0.15, 0.2) is 42.0 Å². The largest absolute Gasteiger partial charge is 0.348 e. The standard InChI is InChI=1S/C17H19N3O2S/c1-12(13-6-8-18-9-7-13)19-17(22)15-4-5-16(21)20(15)11-14-3-2-10-23-14/h2-3,6-10,12,15H,4-5,11H2,1H3,(H,19,22)/t12-,15+/m0/s1. The van der Waals surface area contributed by atoms with E-state index in [4.69, 9.17) is 0 Å². The van der Waals surface area contributed by atoms with Crippen molar-refractivity contribution in [2.24, 2.45) is 0 Å². The predicted octanol–water partition coefficient (Wildman–Crippen LogP) is 2.51. The van der Waals surface area contributed by atoms with Gasteiger partial charge < -0.3 is 10.2 Å². The average molecular weight is 329 g/mol. The molecule has 1 aliphatic heterocycles. The highest BCUT2D eigenvalue weighted by atomic mass is 32.1. The van der Waals surface area contributed by atoms with Crippen LogP contribution >= 0.6 is 11.3 Å². The second-order valence-electron chi connectivity index (χ2n) is 5.67. The summed E-state index contributed by atoms with van der Waals surface area (Å²) >= 11 is 1.60. The van der Waals surface area contributed by atoms with Crippen molar-refractivity contribution in [1.82, 2.24) is 15.2 Å². The third-order valence-electron chi connectivity index (χ3n) is 4.10. The molecule has 120 valence electrons. The Kier molecular flexibility index (Phi) is 4.71. The van der Waals surface area contributed by atoms with Crippen LogP contribution in [0.5, 0.6) is 0 Å². The molecular weight excluding hydrogens is 310 g/mol. The highest BCUT2D eigenvalue weighted by Crippen LogP contribution is 2.24. The number of carbonyl (C=O) groups excluding carboxylic acids is 2. The summed E-state index contributed by atoms with van der Waals surface area (Å²) in [4.78, 5) is 31.5. The minimum absolute atomic E-state index is 0.0510. The molecule has 2 amide bonds. The van der Waals surface area contributed by atoms with Gasteiger partial charge in [0, 0.05) is 23.7 Å². The number of amides is 2. The zero-order valence-corrected chi connectivity index (χ0v) is 13.8. The van der Waals surface area contributed by atoms with Crippen molar-refractivity contribution in [2.75, 3.05) is 0 Å². The summed E-state index contributed by atoms with van der Waals surface area (Å²) in [5, 5.41) is 4.99. The Morgan fingerprint density at radius 3 is 2.91 bits per heavy atom. The number of nitrogens with one attached hydrogen (secondary N) is 1. The second kappa shape index (κ2) is 6.91. The highest BCUT2D eigenvalue weighted by Gasteiger charge is 2.36. The Labute approximate surface area is 139 Å². The SMILES string of the molecule is C[C@H](NC(=O)[C@H]1CCC(=O)N1Cc1cccs1)c1ccncc1. The molecule has 0 saturated carbocycles. The third-order valence-corrected chi connectivity index (χ3v) is 4.96. The van der Waals surface area contributed by atoms with Crippen LogP contribution in [0.4, 0.5) is 0 Å². The van der Waals surface area contributed by atoms with Gasteiger partial charge in [0.25, 0.3) is 0 Å². The second-order valence-corrected chi connectivity index (χ2v) is 6.70. The number of hydrogen-bond donors (Lipinski definition) is 1. The van der Waals surface area contributed by atoms with E-state index < -0.39 is 0 Å². The Bertz CT molecular complexity index is 672. The molecule has 1 N–H and O–H groups in total. The number of aromatic nitrogens is 1. The summed E-state index contributed by atoms with van der Waals surface area (Å²) in [5.41, 5.74) is 1.00. The fourth-order valence-corrected chi connectivity index (χ4v) is 3.52. The molecule has 0 aromatic carbocycles. The topological polar surface area (TPSA) is 62.3 Å². The van der Waals surface area contributed by atoms with Crippen LogP contribution in [0.3, 0.4) is 0 Å². The van der Waals surface area contributed by atoms with E-state index in [2.05, 4.69) is 10.3 Å². The number of thiophene rings is 1. The third kappa shape index (κ3) is 3.59. The molecule has 23 heavy (non-hydrogen) atoms. The minimum Gasteiger partial charge on any atom is -0.348 e. The summed E-state index contributed by atoms with van der Waals surface area (Å²) in [6, 6.07) is 7.23. The maximum absolute atomic E-state index is 12.6. The van der Waals surface area contributed by atoms with E-state index in [0.29, 0.717) is 19.4 Å². The zero-order valence-electron chi connectivity index (χ0n) is 12.9. The van der Waals surface area contributed by atoms with Gasteiger partial charge in [-0.3, -0.25) is 14.6 Å². The van der Waals surface area contributed by atoms with Crippen molar-refractivity contribution < 1.29 is 9.59 Å². The molecule has 1 aliphatic rings. The molecule has 0 radical (unpaired) electrons. The van der Waals surface area contributed by atoms with E-state index >= 15 is 0 Å². The van der Waals surface area contributed by atoms with Gasteiger partial charge in [-0.25, -0.2) is 0 Å². The van der Waals surface area contributed by atoms with Gasteiger partial charge in [0.1, 0.15) is 6.04 Å². The first-order valence-corrected chi connectivity index (χ1v) is 8.55. The smallest absolute Gasteiger partial charge is 0.243 e. The fraction of sp³-hybridized carbons (Fsp3) is 0.353. The quantitative estimate of drug-likeness (QED) is 0.917. The lowest BCUT2D eigenvalue weighted by molar-refractivity contribution is -0.136. The van der Waals surface area contributed by atoms with Gasteiger partial charge in [0.15, 0.2) is 0 Å². The van der Waals surface area contributed by atoms with Crippen molar-refractivity contribution in [3.05, 3.63) is 52.5 Å². The molecule has 1 fully saturated rings. The van der Waals surface area contributed by atoms with Crippen LogP contribution in [0, 0.1) is 0 Å². The molecule has 1 saturated heterocycles. The van der Waals surface area contributed by atoms with Gasteiger partial charge in [0.2, 0.25) is 11.8 Å². The summed E-state index contributed by atoms with van der Waals surface area (Å²) in [6.07, 6.45) is 4.44. The molecule has 3 heterocycles. The maximum atomic E-state index is 12.6. The van der Waals surface area contributed by atoms with Crippen molar-refractivity contribution >= 4 is 23.2 Å². The summed E-state index contributed by atoms with van der Waals surface area (Å²) in [6.45, 7) is 2.45. The summed E-state index contributed by atoms with van der Waals surface area (Å²) in [7, 11) is 0. The van der Waals surface area contributed by atoms with Crippen LogP contribution in [-0.4, -0.2) is 27.7 Å². The average Bonchev–Trinajstić information content (AvgIpc) is 3.19. The molecule has 0 bridgehead atoms. The van der Waals surface area contributed by atoms with Gasteiger partial charge in [-0.1, -0.05) is 6.07 Å². The molecule has 2 aromatic rings. The fourth-order valence-electron chi connectivity index (χ4n) is 2.82. The molecule has 0 aliphatic carbocycles. The van der Waals surface area contributed by atoms with Crippen LogP contribution in [0.25, 0.3) is 0 Å². The van der Waals surface area contributed by atoms with Crippen molar-refractivity contribution in [1.29, 1.82) is 0 Å². The van der Waals surface area contributed by atoms with E-state index in [9.17, 15) is 9.59 Å². The van der Waals surface area contributed by atoms with Crippen LogP contribution < -0.4 is 5.32 Å². The number of hydrogen-bond acceptors (Lipinski definition) is 4. The van der Waals surface area contributed by atoms with Crippen molar-refractivity contribution in [3.63, 3.8) is 0 Å². The first kappa shape index (κ1) is 15.7. The molecule has 6 heteroatoms. The number of rotatable bonds is 5. The molecule has 2 atom stereocenters. The summed E-state index contributed by atoms with van der Waals surface area (Å²) < 4.78 is 0. The number of nitrogens with zero attached hydrogens (tertiary/aromatic N) is 2. The molecule has 3 rings (SSSR count). The summed E-state index contributed by atoms with van der Waals surface area (Å²) in [5.74, 6) is -0.0353. The van der Waals surface area contributed by atoms with Gasteiger partial charge in [-0.05, 0) is 42.5 Å². The molecule has 0 unspecified atom stereocenters. The number of pyridine rings is 1. The maximum Gasteiger partial charge on any atom is 0.243 e. The Morgan fingerprint density at radius 1 is 1.43 bits per heavy atom. The van der Waals surface area contributed by atoms with Crippen LogP contribution in [0.2, 0.25) is 0 Å². The highest BCUT2D eigenvalue weighted by molar-refractivity contribution is 7.09. The number of carbonyl (C=O) groups is 2. The first-order chi connectivity index (χ1) is 11.1. The van der Waals surface area contributed by atoms with E-state index in [0.717, 1.165) is 10.4 Å².